The minimum Gasteiger partial charge on any atom is -0.469 e. The highest BCUT2D eigenvalue weighted by molar-refractivity contribution is 9.11. The molecule has 0 N–H and O–H groups in total. The number of carbonyl (C=O) groups excluding carboxylic acids is 1. The number of methoxy groups -OCH3 is 1. The summed E-state index contributed by atoms with van der Waals surface area (Å²) in [7, 11) is 1.42. The van der Waals surface area contributed by atoms with Crippen molar-refractivity contribution in [2.75, 3.05) is 7.11 Å². The van der Waals surface area contributed by atoms with E-state index < -0.39 is 0 Å². The minimum absolute atomic E-state index is 0.223. The Kier molecular flexibility index (Phi) is 6.15. The summed E-state index contributed by atoms with van der Waals surface area (Å²) < 4.78 is 6.98. The lowest BCUT2D eigenvalue weighted by atomic mass is 10.0. The largest absolute Gasteiger partial charge is 0.469 e. The van der Waals surface area contributed by atoms with Crippen molar-refractivity contribution in [3.63, 3.8) is 0 Å². The van der Waals surface area contributed by atoms with Crippen LogP contribution in [0.5, 0.6) is 0 Å². The lowest BCUT2D eigenvalue weighted by Gasteiger charge is -2.06. The molecule has 3 aromatic rings. The second kappa shape index (κ2) is 8.16. The Morgan fingerprint density at radius 2 is 1.44 bits per heavy atom. The zero-order valence-electron chi connectivity index (χ0n) is 13.8. The number of carbonyl (C=O) groups is 1. The number of benzene rings is 1. The smallest absolute Gasteiger partial charge is 0.310 e. The topological polar surface area (TPSA) is 26.3 Å². The molecule has 0 spiro atoms. The van der Waals surface area contributed by atoms with E-state index in [0.717, 1.165) is 30.0 Å². The molecule has 0 amide bonds. The van der Waals surface area contributed by atoms with Crippen LogP contribution in [0.4, 0.5) is 0 Å². The third-order valence-corrected chi connectivity index (χ3v) is 7.37. The Bertz CT molecular complexity index is 895. The monoisotopic (exact) mass is 498 g/mol. The minimum atomic E-state index is -0.223. The van der Waals surface area contributed by atoms with Gasteiger partial charge in [0, 0.05) is 9.75 Å². The van der Waals surface area contributed by atoms with Gasteiger partial charge < -0.3 is 4.74 Å². The lowest BCUT2D eigenvalue weighted by molar-refractivity contribution is -0.139. The molecular weight excluding hydrogens is 484 g/mol. The number of thiophene rings is 2. The Morgan fingerprint density at radius 1 is 0.960 bits per heavy atom. The van der Waals surface area contributed by atoms with E-state index in [9.17, 15) is 4.79 Å². The molecule has 0 aliphatic rings. The number of ether oxygens (including phenoxy) is 1. The average molecular weight is 500 g/mol. The van der Waals surface area contributed by atoms with Crippen LogP contribution in [-0.4, -0.2) is 13.1 Å². The van der Waals surface area contributed by atoms with Crippen LogP contribution in [0.2, 0.25) is 0 Å². The number of aryl methyl sites for hydroxylation is 1. The summed E-state index contributed by atoms with van der Waals surface area (Å²) in [5.74, 6) is -0.223. The van der Waals surface area contributed by atoms with Crippen molar-refractivity contribution in [3.05, 3.63) is 55.1 Å². The van der Waals surface area contributed by atoms with Gasteiger partial charge in [0.2, 0.25) is 0 Å². The van der Waals surface area contributed by atoms with Crippen LogP contribution >= 0.6 is 54.5 Å². The van der Waals surface area contributed by atoms with E-state index in [2.05, 4.69) is 69.1 Å². The molecule has 2 heterocycles. The standard InChI is InChI=1S/C19H16Br2O2S2/c1-3-11-8-15(20)24-18(11)12-4-6-13(7-5-12)19-14(9-16(21)25-19)10-17(22)23-2/h4-9H,3,10H2,1-2H3. The quantitative estimate of drug-likeness (QED) is 0.355. The van der Waals surface area contributed by atoms with Crippen LogP contribution in [-0.2, 0) is 22.4 Å². The Morgan fingerprint density at radius 3 is 1.92 bits per heavy atom. The molecule has 0 aliphatic heterocycles. The first kappa shape index (κ1) is 18.8. The van der Waals surface area contributed by atoms with Crippen LogP contribution in [0.3, 0.4) is 0 Å². The first-order valence-electron chi connectivity index (χ1n) is 7.75. The van der Waals surface area contributed by atoms with Crippen molar-refractivity contribution in [1.82, 2.24) is 0 Å². The summed E-state index contributed by atoms with van der Waals surface area (Å²) in [6, 6.07) is 12.8. The molecule has 0 aliphatic carbocycles. The number of rotatable bonds is 5. The van der Waals surface area contributed by atoms with Gasteiger partial charge in [0.15, 0.2) is 0 Å². The van der Waals surface area contributed by atoms with Crippen LogP contribution in [0, 0.1) is 0 Å². The Balaban J connectivity index is 1.94. The lowest BCUT2D eigenvalue weighted by Crippen LogP contribution is -2.04. The summed E-state index contributed by atoms with van der Waals surface area (Å²) in [6.45, 7) is 2.18. The molecule has 3 rings (SSSR count). The first-order chi connectivity index (χ1) is 12.0. The molecule has 2 aromatic heterocycles. The predicted molar refractivity (Wildman–Crippen MR) is 114 cm³/mol. The van der Waals surface area contributed by atoms with Crippen molar-refractivity contribution >= 4 is 60.5 Å². The highest BCUT2D eigenvalue weighted by atomic mass is 79.9. The van der Waals surface area contributed by atoms with E-state index in [0.29, 0.717) is 0 Å². The number of hydrogen-bond donors (Lipinski definition) is 0. The molecule has 0 radical (unpaired) electrons. The summed E-state index contributed by atoms with van der Waals surface area (Å²) in [6.07, 6.45) is 1.30. The molecule has 0 bridgehead atoms. The van der Waals surface area contributed by atoms with Gasteiger partial charge in [-0.25, -0.2) is 0 Å². The second-order valence-electron chi connectivity index (χ2n) is 5.49. The second-order valence-corrected chi connectivity index (χ2v) is 10.4. The van der Waals surface area contributed by atoms with Gasteiger partial charge >= 0.3 is 5.97 Å². The van der Waals surface area contributed by atoms with Crippen LogP contribution in [0.25, 0.3) is 20.9 Å². The van der Waals surface area contributed by atoms with Gasteiger partial charge in [-0.05, 0) is 72.7 Å². The van der Waals surface area contributed by atoms with Crippen molar-refractivity contribution in [1.29, 1.82) is 0 Å². The van der Waals surface area contributed by atoms with E-state index >= 15 is 0 Å². The summed E-state index contributed by atoms with van der Waals surface area (Å²) in [4.78, 5) is 14.1. The van der Waals surface area contributed by atoms with Crippen molar-refractivity contribution in [3.8, 4) is 20.9 Å². The molecule has 0 saturated heterocycles. The maximum Gasteiger partial charge on any atom is 0.310 e. The molecule has 25 heavy (non-hydrogen) atoms. The third kappa shape index (κ3) is 4.25. The fourth-order valence-electron chi connectivity index (χ4n) is 2.67. The number of hydrogen-bond acceptors (Lipinski definition) is 4. The fourth-order valence-corrected chi connectivity index (χ4v) is 6.09. The van der Waals surface area contributed by atoms with Gasteiger partial charge in [-0.2, -0.15) is 0 Å². The molecule has 1 aromatic carbocycles. The maximum atomic E-state index is 11.7. The van der Waals surface area contributed by atoms with Gasteiger partial charge in [-0.1, -0.05) is 31.2 Å². The fraction of sp³-hybridized carbons (Fsp3) is 0.211. The molecule has 2 nitrogen and oxygen atoms in total. The molecule has 0 saturated carbocycles. The predicted octanol–water partition coefficient (Wildman–Crippen LogP) is 6.95. The highest BCUT2D eigenvalue weighted by Crippen LogP contribution is 2.39. The molecule has 130 valence electrons. The van der Waals surface area contributed by atoms with E-state index in [1.807, 2.05) is 6.07 Å². The zero-order chi connectivity index (χ0) is 18.0. The Labute approximate surface area is 172 Å². The van der Waals surface area contributed by atoms with E-state index in [1.54, 1.807) is 22.7 Å². The van der Waals surface area contributed by atoms with E-state index in [4.69, 9.17) is 4.74 Å². The van der Waals surface area contributed by atoms with E-state index in [1.165, 1.54) is 23.1 Å². The normalized spacial score (nSPS) is 10.9. The van der Waals surface area contributed by atoms with Crippen molar-refractivity contribution in [2.24, 2.45) is 0 Å². The van der Waals surface area contributed by atoms with Gasteiger partial charge in [-0.15, -0.1) is 22.7 Å². The first-order valence-corrected chi connectivity index (χ1v) is 11.0. The SMILES string of the molecule is CCc1cc(Br)sc1-c1ccc(-c2sc(Br)cc2CC(=O)OC)cc1. The van der Waals surface area contributed by atoms with Crippen LogP contribution in [0.15, 0.2) is 44.0 Å². The van der Waals surface area contributed by atoms with Crippen molar-refractivity contribution < 1.29 is 9.53 Å². The molecule has 0 atom stereocenters. The Hall–Kier alpha value is -0.950. The van der Waals surface area contributed by atoms with Crippen LogP contribution < -0.4 is 0 Å². The van der Waals surface area contributed by atoms with Gasteiger partial charge in [0.25, 0.3) is 0 Å². The molecule has 0 fully saturated rings. The summed E-state index contributed by atoms with van der Waals surface area (Å²) >= 11 is 10.5. The van der Waals surface area contributed by atoms with Gasteiger partial charge in [0.1, 0.15) is 0 Å². The highest BCUT2D eigenvalue weighted by Gasteiger charge is 2.15. The number of halogens is 2. The molecule has 6 heteroatoms. The van der Waals surface area contributed by atoms with Crippen molar-refractivity contribution in [2.45, 2.75) is 19.8 Å². The van der Waals surface area contributed by atoms with Gasteiger partial charge in [-0.3, -0.25) is 4.79 Å². The van der Waals surface area contributed by atoms with E-state index in [-0.39, 0.29) is 12.4 Å². The maximum absolute atomic E-state index is 11.7. The summed E-state index contributed by atoms with van der Waals surface area (Å²) in [5.41, 5.74) is 4.69. The number of esters is 1. The average Bonchev–Trinajstić information content (AvgIpc) is 3.17. The summed E-state index contributed by atoms with van der Waals surface area (Å²) in [5, 5.41) is 0. The third-order valence-electron chi connectivity index (χ3n) is 3.91. The van der Waals surface area contributed by atoms with Crippen LogP contribution in [0.1, 0.15) is 18.1 Å². The molecular formula is C19H16Br2O2S2. The molecule has 0 unspecified atom stereocenters. The van der Waals surface area contributed by atoms with Gasteiger partial charge in [0.05, 0.1) is 21.1 Å². The zero-order valence-corrected chi connectivity index (χ0v) is 18.6.